The molecule has 1 heterocycles. The van der Waals surface area contributed by atoms with Crippen molar-refractivity contribution in [2.75, 3.05) is 13.2 Å². The lowest BCUT2D eigenvalue weighted by Crippen LogP contribution is -2.61. The third-order valence-electron chi connectivity index (χ3n) is 16.0. The Hall–Kier alpha value is -2.80. The zero-order valence-corrected chi connectivity index (χ0v) is 52.6. The van der Waals surface area contributed by atoms with Crippen LogP contribution in [0.15, 0.2) is 24.3 Å². The van der Waals surface area contributed by atoms with Crippen LogP contribution in [0.3, 0.4) is 0 Å². The summed E-state index contributed by atoms with van der Waals surface area (Å²) in [4.78, 5) is 51.4. The summed E-state index contributed by atoms with van der Waals surface area (Å²) in [5.74, 6) is -3.08. The van der Waals surface area contributed by atoms with Crippen LogP contribution in [0, 0.1) is 0 Å². The van der Waals surface area contributed by atoms with Crippen LogP contribution in [-0.2, 0) is 42.9 Å². The minimum Gasteiger partial charge on any atom is -0.479 e. The number of carbonyl (C=O) groups excluding carboxylic acids is 3. The molecule has 1 saturated heterocycles. The van der Waals surface area contributed by atoms with Gasteiger partial charge in [-0.1, -0.05) is 276 Å². The second-order valence-corrected chi connectivity index (χ2v) is 23.8. The molecule has 0 aliphatic carbocycles. The van der Waals surface area contributed by atoms with Gasteiger partial charge in [-0.2, -0.15) is 0 Å². The average molecular weight is 1150 g/mol. The van der Waals surface area contributed by atoms with E-state index in [-0.39, 0.29) is 25.9 Å². The highest BCUT2D eigenvalue weighted by Gasteiger charge is 2.50. The van der Waals surface area contributed by atoms with Crippen LogP contribution in [0.4, 0.5) is 0 Å². The van der Waals surface area contributed by atoms with E-state index in [9.17, 15) is 34.5 Å². The fraction of sp³-hybridized carbons (Fsp3) is 0.884. The van der Waals surface area contributed by atoms with Gasteiger partial charge in [-0.25, -0.2) is 4.79 Å². The Morgan fingerprint density at radius 2 is 0.704 bits per heavy atom. The number of hydrogen-bond acceptors (Lipinski definition) is 11. The minimum absolute atomic E-state index is 0.0670. The summed E-state index contributed by atoms with van der Waals surface area (Å²) in [6.45, 7) is 6.05. The lowest BCUT2D eigenvalue weighted by atomic mass is 9.98. The Kier molecular flexibility index (Phi) is 54.2. The molecule has 1 aliphatic rings. The van der Waals surface area contributed by atoms with Crippen molar-refractivity contribution < 1.29 is 58.2 Å². The molecule has 81 heavy (non-hydrogen) atoms. The summed E-state index contributed by atoms with van der Waals surface area (Å²) >= 11 is 0. The molecule has 1 fully saturated rings. The zero-order valence-electron chi connectivity index (χ0n) is 52.6. The van der Waals surface area contributed by atoms with Gasteiger partial charge in [0.2, 0.25) is 0 Å². The number of rotatable bonds is 60. The summed E-state index contributed by atoms with van der Waals surface area (Å²) < 4.78 is 28.6. The van der Waals surface area contributed by atoms with Crippen LogP contribution in [0.5, 0.6) is 0 Å². The largest absolute Gasteiger partial charge is 0.479 e. The molecule has 0 saturated carbocycles. The minimum atomic E-state index is -1.90. The Bertz CT molecular complexity index is 1500. The van der Waals surface area contributed by atoms with E-state index in [0.29, 0.717) is 19.3 Å². The molecule has 0 bridgehead atoms. The van der Waals surface area contributed by atoms with Crippen molar-refractivity contribution in [3.05, 3.63) is 24.3 Å². The summed E-state index contributed by atoms with van der Waals surface area (Å²) in [5.41, 5.74) is 0. The van der Waals surface area contributed by atoms with Crippen molar-refractivity contribution in [1.29, 1.82) is 0 Å². The number of hydrogen-bond donors (Lipinski definition) is 3. The predicted octanol–water partition coefficient (Wildman–Crippen LogP) is 18.6. The number of unbranched alkanes of at least 4 members (excludes halogenated alkanes) is 42. The molecule has 6 atom stereocenters. The van der Waals surface area contributed by atoms with Gasteiger partial charge in [0.1, 0.15) is 18.8 Å². The van der Waals surface area contributed by atoms with E-state index in [4.69, 9.17) is 23.7 Å². The number of esters is 3. The first-order valence-electron chi connectivity index (χ1n) is 34.3. The summed E-state index contributed by atoms with van der Waals surface area (Å²) in [5, 5.41) is 31.6. The zero-order chi connectivity index (χ0) is 58.9. The number of carboxylic acids is 1. The van der Waals surface area contributed by atoms with Gasteiger partial charge in [-0.05, 0) is 70.6 Å². The smallest absolute Gasteiger partial charge is 0.335 e. The molecule has 0 radical (unpaired) electrons. The fourth-order valence-electron chi connectivity index (χ4n) is 10.7. The molecule has 1 aliphatic heterocycles. The van der Waals surface area contributed by atoms with E-state index >= 15 is 0 Å². The van der Waals surface area contributed by atoms with Crippen molar-refractivity contribution in [3.63, 3.8) is 0 Å². The normalized spacial score (nSPS) is 17.8. The number of aliphatic hydroxyl groups excluding tert-OH is 2. The SMILES string of the molecule is CCCCCCCC/C=C\CCCCCCCCCCCC(=O)OCC(COC1OC(C(=O)O)C(O)C(O)C1OC(=O)CCCCCCCCCCCCCCCCC)OC(=O)CCCCCCCCC/C=C\CCCCCCCC. The molecular weight excluding hydrogens is 1020 g/mol. The van der Waals surface area contributed by atoms with E-state index in [2.05, 4.69) is 45.1 Å². The van der Waals surface area contributed by atoms with Crippen molar-refractivity contribution in [2.45, 2.75) is 379 Å². The standard InChI is InChI=1S/C69H126O12/c1-4-7-10-13-16-19-22-25-28-30-31-33-35-37-40-43-46-49-52-55-61(70)77-58-60(79-62(71)56-53-50-47-44-41-39-36-32-29-26-23-20-17-14-11-8-5-2)59-78-69-67(65(74)64(73)66(81-69)68(75)76)80-63(72)57-54-51-48-45-42-38-34-27-24-21-18-15-12-9-6-3/h25-26,28-29,60,64-67,69,73-74H,4-24,27,30-59H2,1-3H3,(H,75,76)/b28-25-,29-26-. The second-order valence-electron chi connectivity index (χ2n) is 23.8. The molecule has 0 spiro atoms. The number of aliphatic hydroxyl groups is 2. The lowest BCUT2D eigenvalue weighted by molar-refractivity contribution is -0.301. The molecule has 0 aromatic heterocycles. The highest BCUT2D eigenvalue weighted by Crippen LogP contribution is 2.27. The van der Waals surface area contributed by atoms with Gasteiger partial charge < -0.3 is 39.0 Å². The van der Waals surface area contributed by atoms with Gasteiger partial charge in [0, 0.05) is 19.3 Å². The third-order valence-corrected chi connectivity index (χ3v) is 16.0. The molecule has 1 rings (SSSR count). The van der Waals surface area contributed by atoms with Crippen molar-refractivity contribution in [2.24, 2.45) is 0 Å². The van der Waals surface area contributed by atoms with E-state index in [1.807, 2.05) is 0 Å². The van der Waals surface area contributed by atoms with Crippen LogP contribution < -0.4 is 0 Å². The number of carboxylic acid groups (broad SMARTS) is 1. The first-order chi connectivity index (χ1) is 39.6. The van der Waals surface area contributed by atoms with Crippen molar-refractivity contribution >= 4 is 23.9 Å². The molecule has 0 aromatic carbocycles. The summed E-state index contributed by atoms with van der Waals surface area (Å²) in [7, 11) is 0. The van der Waals surface area contributed by atoms with Gasteiger partial charge in [0.25, 0.3) is 0 Å². The van der Waals surface area contributed by atoms with Gasteiger partial charge in [0.05, 0.1) is 6.61 Å². The highest BCUT2D eigenvalue weighted by molar-refractivity contribution is 5.74. The lowest BCUT2D eigenvalue weighted by Gasteiger charge is -2.40. The fourth-order valence-corrected chi connectivity index (χ4v) is 10.7. The monoisotopic (exact) mass is 1150 g/mol. The summed E-state index contributed by atoms with van der Waals surface area (Å²) in [6, 6.07) is 0. The van der Waals surface area contributed by atoms with E-state index in [1.165, 1.54) is 212 Å². The second kappa shape index (κ2) is 57.6. The number of carbonyl (C=O) groups is 4. The maximum Gasteiger partial charge on any atom is 0.335 e. The van der Waals surface area contributed by atoms with Crippen LogP contribution in [0.1, 0.15) is 342 Å². The van der Waals surface area contributed by atoms with E-state index < -0.39 is 67.3 Å². The Labute approximate surface area is 496 Å². The summed E-state index contributed by atoms with van der Waals surface area (Å²) in [6.07, 6.45) is 55.6. The first kappa shape index (κ1) is 76.2. The average Bonchev–Trinajstić information content (AvgIpc) is 3.53. The van der Waals surface area contributed by atoms with Gasteiger partial charge in [-0.3, -0.25) is 14.4 Å². The molecule has 474 valence electrons. The molecular formula is C69H126O12. The molecule has 6 unspecified atom stereocenters. The topological polar surface area (TPSA) is 175 Å². The Morgan fingerprint density at radius 1 is 0.395 bits per heavy atom. The maximum atomic E-state index is 13.2. The predicted molar refractivity (Wildman–Crippen MR) is 331 cm³/mol. The van der Waals surface area contributed by atoms with Crippen LogP contribution in [0.25, 0.3) is 0 Å². The highest BCUT2D eigenvalue weighted by atomic mass is 16.7. The van der Waals surface area contributed by atoms with Gasteiger partial charge in [-0.15, -0.1) is 0 Å². The van der Waals surface area contributed by atoms with Crippen LogP contribution in [-0.4, -0.2) is 89.2 Å². The molecule has 0 aromatic rings. The van der Waals surface area contributed by atoms with Gasteiger partial charge >= 0.3 is 23.9 Å². The molecule has 0 amide bonds. The number of ether oxygens (including phenoxy) is 5. The van der Waals surface area contributed by atoms with Crippen molar-refractivity contribution in [3.8, 4) is 0 Å². The van der Waals surface area contributed by atoms with Gasteiger partial charge in [0.15, 0.2) is 24.6 Å². The maximum absolute atomic E-state index is 13.2. The first-order valence-corrected chi connectivity index (χ1v) is 34.3. The molecule has 12 heteroatoms. The van der Waals surface area contributed by atoms with Crippen LogP contribution in [0.2, 0.25) is 0 Å². The van der Waals surface area contributed by atoms with Crippen LogP contribution >= 0.6 is 0 Å². The molecule has 3 N–H and O–H groups in total. The number of aliphatic carboxylic acids is 1. The quantitative estimate of drug-likeness (QED) is 0.0228. The Morgan fingerprint density at radius 3 is 1.05 bits per heavy atom. The van der Waals surface area contributed by atoms with E-state index in [0.717, 1.165) is 70.6 Å². The third kappa shape index (κ3) is 47.2. The van der Waals surface area contributed by atoms with Crippen molar-refractivity contribution in [1.82, 2.24) is 0 Å². The number of allylic oxidation sites excluding steroid dienone is 4. The molecule has 12 nitrogen and oxygen atoms in total. The van der Waals surface area contributed by atoms with E-state index in [1.54, 1.807) is 0 Å². The Balaban J connectivity index is 2.63.